The van der Waals surface area contributed by atoms with E-state index in [-0.39, 0.29) is 13.0 Å². The molecule has 0 aliphatic rings. The molecule has 1 amide bonds. The van der Waals surface area contributed by atoms with Gasteiger partial charge in [0.1, 0.15) is 11.2 Å². The Morgan fingerprint density at radius 3 is 2.03 bits per heavy atom. The number of carbonyl (C=O) groups is 2. The van der Waals surface area contributed by atoms with E-state index in [1.54, 1.807) is 48.5 Å². The number of rotatable bonds is 8. The van der Waals surface area contributed by atoms with Gasteiger partial charge in [0.05, 0.1) is 18.8 Å². The lowest BCUT2D eigenvalue weighted by Gasteiger charge is -2.31. The average molecular weight is 410 g/mol. The number of ether oxygens (including phenoxy) is 3. The molecule has 0 bridgehead atoms. The Hall–Kier alpha value is -2.12. The van der Waals surface area contributed by atoms with Crippen molar-refractivity contribution in [2.75, 3.05) is 0 Å². The Kier molecular flexibility index (Phi) is 9.11. The Balaban J connectivity index is 3.05. The molecule has 3 atom stereocenters. The second-order valence-electron chi connectivity index (χ2n) is 9.08. The van der Waals surface area contributed by atoms with Gasteiger partial charge in [-0.25, -0.2) is 9.59 Å². The minimum absolute atomic E-state index is 0.131. The number of aliphatic hydroxyl groups excluding tert-OH is 1. The predicted octanol–water partition coefficient (Wildman–Crippen LogP) is 3.58. The van der Waals surface area contributed by atoms with Crippen LogP contribution in [-0.4, -0.2) is 46.6 Å². The summed E-state index contributed by atoms with van der Waals surface area (Å²) in [7, 11) is 0. The van der Waals surface area contributed by atoms with Crippen molar-refractivity contribution in [2.45, 2.75) is 90.9 Å². The first-order chi connectivity index (χ1) is 13.3. The zero-order valence-corrected chi connectivity index (χ0v) is 18.5. The van der Waals surface area contributed by atoms with E-state index in [0.717, 1.165) is 5.56 Å². The lowest BCUT2D eigenvalue weighted by atomic mass is 10.0. The molecule has 7 heteroatoms. The van der Waals surface area contributed by atoms with Gasteiger partial charge in [-0.3, -0.25) is 0 Å². The molecule has 0 aliphatic carbocycles. The predicted molar refractivity (Wildman–Crippen MR) is 110 cm³/mol. The molecule has 0 aliphatic heterocycles. The molecule has 7 nitrogen and oxygen atoms in total. The molecular weight excluding hydrogens is 374 g/mol. The van der Waals surface area contributed by atoms with Crippen LogP contribution in [0.4, 0.5) is 4.79 Å². The van der Waals surface area contributed by atoms with Crippen molar-refractivity contribution < 1.29 is 28.9 Å². The summed E-state index contributed by atoms with van der Waals surface area (Å²) in [6.45, 7) is 12.2. The van der Waals surface area contributed by atoms with Gasteiger partial charge in [-0.1, -0.05) is 30.3 Å². The highest BCUT2D eigenvalue weighted by Gasteiger charge is 2.36. The van der Waals surface area contributed by atoms with Gasteiger partial charge in [0.15, 0.2) is 6.04 Å². The number of esters is 1. The highest BCUT2D eigenvalue weighted by Crippen LogP contribution is 2.17. The van der Waals surface area contributed by atoms with Crippen LogP contribution >= 0.6 is 0 Å². The van der Waals surface area contributed by atoms with Crippen LogP contribution in [0, 0.1) is 0 Å². The first kappa shape index (κ1) is 24.9. The molecule has 0 saturated carbocycles. The Bertz CT molecular complexity index is 646. The van der Waals surface area contributed by atoms with E-state index < -0.39 is 41.5 Å². The molecule has 164 valence electrons. The average Bonchev–Trinajstić information content (AvgIpc) is 2.54. The molecular formula is C22H35NO6. The van der Waals surface area contributed by atoms with Gasteiger partial charge in [-0.2, -0.15) is 0 Å². The van der Waals surface area contributed by atoms with Gasteiger partial charge in [0.2, 0.25) is 0 Å². The smallest absolute Gasteiger partial charge is 0.408 e. The number of hydrogen-bond donors (Lipinski definition) is 2. The van der Waals surface area contributed by atoms with Gasteiger partial charge >= 0.3 is 12.1 Å². The zero-order chi connectivity index (χ0) is 22.2. The van der Waals surface area contributed by atoms with Crippen molar-refractivity contribution in [1.29, 1.82) is 0 Å². The van der Waals surface area contributed by atoms with Crippen molar-refractivity contribution in [3.05, 3.63) is 35.9 Å². The van der Waals surface area contributed by atoms with Crippen molar-refractivity contribution in [1.82, 2.24) is 5.32 Å². The standard InChI is InChI=1S/C22H35NO6/c1-15(24)13-17(27-14-16-11-9-8-10-12-16)18(19(25)28-21(2,3)4)23-20(26)29-22(5,6)7/h8-12,15,17-18,24H,13-14H2,1-7H3,(H,23,26)/t15?,17-,18+/m1/s1. The Morgan fingerprint density at radius 1 is 1.00 bits per heavy atom. The molecule has 1 aromatic carbocycles. The number of aliphatic hydroxyl groups is 1. The van der Waals surface area contributed by atoms with Gasteiger partial charge < -0.3 is 24.6 Å². The molecule has 0 spiro atoms. The number of hydrogen-bond acceptors (Lipinski definition) is 6. The zero-order valence-electron chi connectivity index (χ0n) is 18.5. The molecule has 0 fully saturated rings. The van der Waals surface area contributed by atoms with E-state index in [0.29, 0.717) is 0 Å². The number of alkyl carbamates (subject to hydrolysis) is 1. The van der Waals surface area contributed by atoms with Crippen LogP contribution in [0.1, 0.15) is 60.5 Å². The molecule has 0 saturated heterocycles. The molecule has 2 N–H and O–H groups in total. The maximum atomic E-state index is 12.8. The van der Waals surface area contributed by atoms with Gasteiger partial charge in [-0.05, 0) is 54.0 Å². The van der Waals surface area contributed by atoms with Crippen molar-refractivity contribution >= 4 is 12.1 Å². The fourth-order valence-electron chi connectivity index (χ4n) is 2.52. The lowest BCUT2D eigenvalue weighted by Crippen LogP contribution is -2.53. The third-order valence-corrected chi connectivity index (χ3v) is 3.59. The maximum Gasteiger partial charge on any atom is 0.408 e. The van der Waals surface area contributed by atoms with E-state index in [2.05, 4.69) is 5.32 Å². The summed E-state index contributed by atoms with van der Waals surface area (Å²) in [5, 5.41) is 12.5. The van der Waals surface area contributed by atoms with Crippen LogP contribution in [0.15, 0.2) is 30.3 Å². The number of amides is 1. The SMILES string of the molecule is CC(O)C[C@@H](OCc1ccccc1)[C@H](NC(=O)OC(C)(C)C)C(=O)OC(C)(C)C. The second-order valence-corrected chi connectivity index (χ2v) is 9.08. The Morgan fingerprint density at radius 2 is 1.55 bits per heavy atom. The summed E-state index contributed by atoms with van der Waals surface area (Å²) in [6, 6.07) is 8.30. The fourth-order valence-corrected chi connectivity index (χ4v) is 2.52. The topological polar surface area (TPSA) is 94.1 Å². The van der Waals surface area contributed by atoms with Crippen molar-refractivity contribution in [2.24, 2.45) is 0 Å². The maximum absolute atomic E-state index is 12.8. The molecule has 29 heavy (non-hydrogen) atoms. The summed E-state index contributed by atoms with van der Waals surface area (Å²) in [5.74, 6) is -0.651. The summed E-state index contributed by atoms with van der Waals surface area (Å²) >= 11 is 0. The molecule has 1 unspecified atom stereocenters. The second kappa shape index (κ2) is 10.6. The highest BCUT2D eigenvalue weighted by molar-refractivity contribution is 5.82. The summed E-state index contributed by atoms with van der Waals surface area (Å²) in [4.78, 5) is 25.2. The van der Waals surface area contributed by atoms with Crippen LogP contribution in [0.25, 0.3) is 0 Å². The first-order valence-corrected chi connectivity index (χ1v) is 9.83. The normalized spacial score (nSPS) is 15.2. The van der Waals surface area contributed by atoms with E-state index in [1.165, 1.54) is 0 Å². The highest BCUT2D eigenvalue weighted by atomic mass is 16.6. The summed E-state index contributed by atoms with van der Waals surface area (Å²) in [5.41, 5.74) is -0.573. The van der Waals surface area contributed by atoms with Gasteiger partial charge in [0.25, 0.3) is 0 Å². The van der Waals surface area contributed by atoms with E-state index in [1.807, 2.05) is 30.3 Å². The Labute approximate surface area is 173 Å². The van der Waals surface area contributed by atoms with Crippen LogP contribution in [0.2, 0.25) is 0 Å². The third kappa shape index (κ3) is 10.9. The number of carbonyl (C=O) groups excluding carboxylic acids is 2. The summed E-state index contributed by atoms with van der Waals surface area (Å²) < 4.78 is 16.7. The van der Waals surface area contributed by atoms with E-state index >= 15 is 0 Å². The minimum Gasteiger partial charge on any atom is -0.458 e. The molecule has 0 radical (unpaired) electrons. The molecule has 1 aromatic rings. The monoisotopic (exact) mass is 409 g/mol. The first-order valence-electron chi connectivity index (χ1n) is 9.83. The van der Waals surface area contributed by atoms with E-state index in [9.17, 15) is 14.7 Å². The molecule has 0 heterocycles. The van der Waals surface area contributed by atoms with Crippen LogP contribution < -0.4 is 5.32 Å². The van der Waals surface area contributed by atoms with Crippen LogP contribution in [0.3, 0.4) is 0 Å². The summed E-state index contributed by atoms with van der Waals surface area (Å²) in [6.07, 6.45) is -2.18. The van der Waals surface area contributed by atoms with Crippen LogP contribution in [-0.2, 0) is 25.6 Å². The molecule has 1 rings (SSSR count). The lowest BCUT2D eigenvalue weighted by molar-refractivity contribution is -0.163. The van der Waals surface area contributed by atoms with E-state index in [4.69, 9.17) is 14.2 Å². The molecule has 0 aromatic heterocycles. The minimum atomic E-state index is -1.14. The van der Waals surface area contributed by atoms with Gasteiger partial charge in [-0.15, -0.1) is 0 Å². The quantitative estimate of drug-likeness (QED) is 0.638. The number of nitrogens with one attached hydrogen (secondary N) is 1. The third-order valence-electron chi connectivity index (χ3n) is 3.59. The van der Waals surface area contributed by atoms with Gasteiger partial charge in [0, 0.05) is 6.42 Å². The fraction of sp³-hybridized carbons (Fsp3) is 0.636. The van der Waals surface area contributed by atoms with Crippen LogP contribution in [0.5, 0.6) is 0 Å². The van der Waals surface area contributed by atoms with Crippen molar-refractivity contribution in [3.63, 3.8) is 0 Å². The van der Waals surface area contributed by atoms with Crippen molar-refractivity contribution in [3.8, 4) is 0 Å². The largest absolute Gasteiger partial charge is 0.458 e. The number of benzene rings is 1.